The normalized spacial score (nSPS) is 15.1. The summed E-state index contributed by atoms with van der Waals surface area (Å²) < 4.78 is 13.5. The van der Waals surface area contributed by atoms with Gasteiger partial charge >= 0.3 is 0 Å². The first kappa shape index (κ1) is 19.3. The Morgan fingerprint density at radius 2 is 2.07 bits per heavy atom. The monoisotopic (exact) mass is 394 g/mol. The molecule has 4 rings (SSSR count). The second kappa shape index (κ2) is 8.13. The second-order valence-corrected chi connectivity index (χ2v) is 7.16. The van der Waals surface area contributed by atoms with E-state index in [0.29, 0.717) is 29.2 Å². The van der Waals surface area contributed by atoms with Crippen molar-refractivity contribution in [2.24, 2.45) is 0 Å². The van der Waals surface area contributed by atoms with Crippen molar-refractivity contribution in [3.8, 4) is 17.4 Å². The van der Waals surface area contributed by atoms with Crippen molar-refractivity contribution in [3.63, 3.8) is 0 Å². The third-order valence-electron chi connectivity index (χ3n) is 5.49. The van der Waals surface area contributed by atoms with E-state index in [4.69, 9.17) is 14.6 Å². The third kappa shape index (κ3) is 3.65. The molecular weight excluding hydrogens is 368 g/mol. The van der Waals surface area contributed by atoms with Gasteiger partial charge in [0, 0.05) is 18.2 Å². The number of phenolic OH excluding ortho intramolecular Hbond substituents is 1. The van der Waals surface area contributed by atoms with E-state index in [1.807, 2.05) is 22.8 Å². The largest absolute Gasteiger partial charge is 0.508 e. The Morgan fingerprint density at radius 1 is 1.24 bits per heavy atom. The van der Waals surface area contributed by atoms with Crippen molar-refractivity contribution in [2.45, 2.75) is 32.7 Å². The third-order valence-corrected chi connectivity index (χ3v) is 5.49. The molecule has 0 amide bonds. The number of aryl methyl sites for hydroxylation is 1. The van der Waals surface area contributed by atoms with Crippen LogP contribution in [0.15, 0.2) is 47.3 Å². The summed E-state index contributed by atoms with van der Waals surface area (Å²) >= 11 is 0. The Bertz CT molecular complexity index is 1040. The highest BCUT2D eigenvalue weighted by Gasteiger charge is 2.33. The van der Waals surface area contributed by atoms with Crippen LogP contribution in [0.4, 0.5) is 0 Å². The van der Waals surface area contributed by atoms with Gasteiger partial charge in [-0.15, -0.1) is 0 Å². The molecule has 0 saturated carbocycles. The lowest BCUT2D eigenvalue weighted by Gasteiger charge is -2.27. The molecule has 0 fully saturated rings. The van der Waals surface area contributed by atoms with Gasteiger partial charge in [-0.3, -0.25) is 5.41 Å². The van der Waals surface area contributed by atoms with E-state index in [1.165, 1.54) is 0 Å². The maximum atomic E-state index is 9.87. The molecule has 2 aromatic heterocycles. The van der Waals surface area contributed by atoms with Crippen LogP contribution >= 0.6 is 0 Å². The SMILES string of the molecule is CCN(CC)CCCn1cnc2c(c1=N)C(c1ccco1)c1ccc(O)cc1O2. The van der Waals surface area contributed by atoms with Gasteiger partial charge in [0.05, 0.1) is 17.7 Å². The van der Waals surface area contributed by atoms with Crippen LogP contribution in [0.1, 0.15) is 43.1 Å². The molecule has 2 N–H and O–H groups in total. The van der Waals surface area contributed by atoms with Gasteiger partial charge in [0.1, 0.15) is 29.1 Å². The molecule has 1 unspecified atom stereocenters. The zero-order chi connectivity index (χ0) is 20.4. The quantitative estimate of drug-likeness (QED) is 0.499. The van der Waals surface area contributed by atoms with Gasteiger partial charge in [0.2, 0.25) is 5.88 Å². The summed E-state index contributed by atoms with van der Waals surface area (Å²) in [6, 6.07) is 8.75. The first-order chi connectivity index (χ1) is 14.1. The van der Waals surface area contributed by atoms with Gasteiger partial charge in [0.25, 0.3) is 0 Å². The number of rotatable bonds is 7. The highest BCUT2D eigenvalue weighted by Crippen LogP contribution is 2.45. The van der Waals surface area contributed by atoms with Crippen molar-refractivity contribution in [3.05, 3.63) is 65.3 Å². The molecule has 0 bridgehead atoms. The minimum absolute atomic E-state index is 0.124. The van der Waals surface area contributed by atoms with E-state index in [-0.39, 0.29) is 11.7 Å². The fourth-order valence-electron chi connectivity index (χ4n) is 3.88. The number of fused-ring (bicyclic) bond motifs is 2. The Hall–Kier alpha value is -3.06. The van der Waals surface area contributed by atoms with Crippen LogP contribution in [0, 0.1) is 5.41 Å². The Balaban J connectivity index is 1.72. The average Bonchev–Trinajstić information content (AvgIpc) is 3.25. The summed E-state index contributed by atoms with van der Waals surface area (Å²) in [5, 5.41) is 18.7. The fraction of sp³-hybridized carbons (Fsp3) is 0.364. The summed E-state index contributed by atoms with van der Waals surface area (Å²) in [6.45, 7) is 8.06. The second-order valence-electron chi connectivity index (χ2n) is 7.16. The van der Waals surface area contributed by atoms with E-state index < -0.39 is 0 Å². The maximum Gasteiger partial charge on any atom is 0.228 e. The lowest BCUT2D eigenvalue weighted by Crippen LogP contribution is -2.31. The van der Waals surface area contributed by atoms with Crippen LogP contribution in [0.25, 0.3) is 0 Å². The van der Waals surface area contributed by atoms with Crippen LogP contribution < -0.4 is 10.2 Å². The summed E-state index contributed by atoms with van der Waals surface area (Å²) in [6.07, 6.45) is 4.23. The van der Waals surface area contributed by atoms with Crippen molar-refractivity contribution in [1.29, 1.82) is 5.41 Å². The summed E-state index contributed by atoms with van der Waals surface area (Å²) in [7, 11) is 0. The van der Waals surface area contributed by atoms with Crippen LogP contribution in [0.5, 0.6) is 17.4 Å². The van der Waals surface area contributed by atoms with E-state index in [2.05, 4.69) is 23.7 Å². The first-order valence-corrected chi connectivity index (χ1v) is 10.0. The molecule has 1 aromatic carbocycles. The predicted octanol–water partition coefficient (Wildman–Crippen LogP) is 3.68. The Labute approximate surface area is 169 Å². The van der Waals surface area contributed by atoms with Crippen molar-refractivity contribution in [1.82, 2.24) is 14.5 Å². The number of phenols is 1. The molecule has 3 heterocycles. The number of nitrogens with zero attached hydrogens (tertiary/aromatic N) is 3. The van der Waals surface area contributed by atoms with Gasteiger partial charge in [-0.2, -0.15) is 0 Å². The van der Waals surface area contributed by atoms with E-state index in [1.54, 1.807) is 24.7 Å². The molecule has 3 aromatic rings. The molecule has 29 heavy (non-hydrogen) atoms. The number of aromatic nitrogens is 2. The zero-order valence-electron chi connectivity index (χ0n) is 16.8. The molecule has 0 saturated heterocycles. The van der Waals surface area contributed by atoms with Gasteiger partial charge in [-0.1, -0.05) is 19.9 Å². The predicted molar refractivity (Wildman–Crippen MR) is 108 cm³/mol. The molecule has 7 nitrogen and oxygen atoms in total. The van der Waals surface area contributed by atoms with Gasteiger partial charge in [0.15, 0.2) is 0 Å². The lowest BCUT2D eigenvalue weighted by atomic mass is 9.87. The molecule has 1 atom stereocenters. The van der Waals surface area contributed by atoms with Crippen LogP contribution in [-0.4, -0.2) is 39.2 Å². The molecule has 1 aliphatic rings. The first-order valence-electron chi connectivity index (χ1n) is 10.0. The van der Waals surface area contributed by atoms with E-state index in [9.17, 15) is 5.11 Å². The van der Waals surface area contributed by atoms with Crippen molar-refractivity contribution < 1.29 is 14.3 Å². The number of furan rings is 1. The Kier molecular flexibility index (Phi) is 5.40. The number of hydrogen-bond donors (Lipinski definition) is 2. The molecular formula is C22H26N4O3. The minimum atomic E-state index is -0.306. The van der Waals surface area contributed by atoms with Crippen LogP contribution in [-0.2, 0) is 6.54 Å². The molecule has 0 aliphatic carbocycles. The highest BCUT2D eigenvalue weighted by atomic mass is 16.5. The standard InChI is InChI=1S/C22H26N4O3/c1-3-25(4-2)10-6-11-26-14-24-22-20(21(26)23)19(17-7-5-12-28-17)16-9-8-15(27)13-18(16)29-22/h5,7-9,12-14,19,23,27H,3-4,6,10-11H2,1-2H3. The number of nitrogens with one attached hydrogen (secondary N) is 1. The molecule has 0 radical (unpaired) electrons. The zero-order valence-corrected chi connectivity index (χ0v) is 16.8. The van der Waals surface area contributed by atoms with Crippen molar-refractivity contribution >= 4 is 0 Å². The Morgan fingerprint density at radius 3 is 2.79 bits per heavy atom. The topological polar surface area (TPSA) is 87.5 Å². The highest BCUT2D eigenvalue weighted by molar-refractivity contribution is 5.55. The maximum absolute atomic E-state index is 9.87. The number of hydrogen-bond acceptors (Lipinski definition) is 6. The van der Waals surface area contributed by atoms with Gasteiger partial charge in [-0.05, 0) is 44.3 Å². The molecule has 1 aliphatic heterocycles. The van der Waals surface area contributed by atoms with Crippen LogP contribution in [0.2, 0.25) is 0 Å². The smallest absolute Gasteiger partial charge is 0.228 e. The number of ether oxygens (including phenoxy) is 1. The summed E-state index contributed by atoms with van der Waals surface area (Å²) in [4.78, 5) is 6.86. The molecule has 0 spiro atoms. The van der Waals surface area contributed by atoms with E-state index >= 15 is 0 Å². The molecule has 7 heteroatoms. The summed E-state index contributed by atoms with van der Waals surface area (Å²) in [5.74, 6) is 1.45. The van der Waals surface area contributed by atoms with E-state index in [0.717, 1.165) is 37.4 Å². The van der Waals surface area contributed by atoms with Crippen molar-refractivity contribution in [2.75, 3.05) is 19.6 Å². The number of benzene rings is 1. The average molecular weight is 394 g/mol. The van der Waals surface area contributed by atoms with Gasteiger partial charge < -0.3 is 23.7 Å². The molecule has 152 valence electrons. The number of aromatic hydroxyl groups is 1. The fourth-order valence-corrected chi connectivity index (χ4v) is 3.88. The minimum Gasteiger partial charge on any atom is -0.508 e. The lowest BCUT2D eigenvalue weighted by molar-refractivity contribution is 0.291. The van der Waals surface area contributed by atoms with Crippen LogP contribution in [0.3, 0.4) is 0 Å². The summed E-state index contributed by atoms with van der Waals surface area (Å²) in [5.41, 5.74) is 1.90. The van der Waals surface area contributed by atoms with Gasteiger partial charge in [-0.25, -0.2) is 4.98 Å².